The summed E-state index contributed by atoms with van der Waals surface area (Å²) >= 11 is 0. The highest BCUT2D eigenvalue weighted by Gasteiger charge is 2.29. The van der Waals surface area contributed by atoms with Gasteiger partial charge in [-0.15, -0.1) is 0 Å². The number of benzene rings is 1. The van der Waals surface area contributed by atoms with Gasteiger partial charge in [-0.2, -0.15) is 4.98 Å². The van der Waals surface area contributed by atoms with Crippen LogP contribution in [0.2, 0.25) is 0 Å². The topological polar surface area (TPSA) is 97.3 Å². The van der Waals surface area contributed by atoms with Crippen molar-refractivity contribution in [1.82, 2.24) is 25.3 Å². The van der Waals surface area contributed by atoms with E-state index < -0.39 is 5.54 Å². The summed E-state index contributed by atoms with van der Waals surface area (Å²) in [5.74, 6) is 1.87. The summed E-state index contributed by atoms with van der Waals surface area (Å²) in [5, 5.41) is 6.95. The Bertz CT molecular complexity index is 944. The van der Waals surface area contributed by atoms with Crippen molar-refractivity contribution < 1.29 is 13.7 Å². The molecule has 0 aliphatic rings. The SMILES string of the molecule is Cc1oc(-c2ccccc2)nc1CC(=O)NC(C)(C)c1noc(CN(C)C)n1. The Balaban J connectivity index is 1.68. The summed E-state index contributed by atoms with van der Waals surface area (Å²) in [6.07, 6.45) is 0.105. The Morgan fingerprint density at radius 3 is 2.57 bits per heavy atom. The molecule has 0 aliphatic heterocycles. The number of carbonyl (C=O) groups is 1. The van der Waals surface area contributed by atoms with Crippen LogP contribution >= 0.6 is 0 Å². The maximum absolute atomic E-state index is 12.6. The average molecular weight is 383 g/mol. The van der Waals surface area contributed by atoms with Crippen molar-refractivity contribution in [2.45, 2.75) is 39.3 Å². The lowest BCUT2D eigenvalue weighted by Gasteiger charge is -2.22. The summed E-state index contributed by atoms with van der Waals surface area (Å²) in [6.45, 7) is 6.01. The lowest BCUT2D eigenvalue weighted by atomic mass is 10.0. The van der Waals surface area contributed by atoms with Crippen LogP contribution in [0.4, 0.5) is 0 Å². The second-order valence-corrected chi connectivity index (χ2v) is 7.49. The number of rotatable bonds is 7. The van der Waals surface area contributed by atoms with Gasteiger partial charge in [-0.25, -0.2) is 4.98 Å². The van der Waals surface area contributed by atoms with Gasteiger partial charge in [0, 0.05) is 5.56 Å². The van der Waals surface area contributed by atoms with E-state index >= 15 is 0 Å². The number of hydrogen-bond acceptors (Lipinski definition) is 7. The van der Waals surface area contributed by atoms with Crippen molar-refractivity contribution in [1.29, 1.82) is 0 Å². The van der Waals surface area contributed by atoms with Gasteiger partial charge in [0.15, 0.2) is 5.82 Å². The van der Waals surface area contributed by atoms with E-state index in [0.717, 1.165) is 5.56 Å². The van der Waals surface area contributed by atoms with Gasteiger partial charge in [-0.05, 0) is 47.0 Å². The highest BCUT2D eigenvalue weighted by atomic mass is 16.5. The van der Waals surface area contributed by atoms with Crippen LogP contribution < -0.4 is 5.32 Å². The van der Waals surface area contributed by atoms with Crippen LogP contribution in [0.3, 0.4) is 0 Å². The Hall–Kier alpha value is -3.00. The van der Waals surface area contributed by atoms with Gasteiger partial charge in [0.2, 0.25) is 17.7 Å². The summed E-state index contributed by atoms with van der Waals surface area (Å²) in [7, 11) is 3.83. The van der Waals surface area contributed by atoms with Crippen molar-refractivity contribution in [3.05, 3.63) is 53.5 Å². The monoisotopic (exact) mass is 383 g/mol. The zero-order valence-electron chi connectivity index (χ0n) is 16.8. The summed E-state index contributed by atoms with van der Waals surface area (Å²) in [4.78, 5) is 23.4. The van der Waals surface area contributed by atoms with Crippen molar-refractivity contribution >= 4 is 5.91 Å². The van der Waals surface area contributed by atoms with Crippen LogP contribution in [0.15, 0.2) is 39.3 Å². The third kappa shape index (κ3) is 4.64. The van der Waals surface area contributed by atoms with Crippen molar-refractivity contribution in [3.8, 4) is 11.5 Å². The third-order valence-corrected chi connectivity index (χ3v) is 4.17. The van der Waals surface area contributed by atoms with Crippen LogP contribution in [0, 0.1) is 6.92 Å². The molecule has 0 saturated heterocycles. The zero-order valence-corrected chi connectivity index (χ0v) is 16.8. The van der Waals surface area contributed by atoms with E-state index in [2.05, 4.69) is 20.4 Å². The molecule has 0 atom stereocenters. The number of nitrogens with zero attached hydrogens (tertiary/aromatic N) is 4. The number of carbonyl (C=O) groups excluding carboxylic acids is 1. The molecular weight excluding hydrogens is 358 g/mol. The average Bonchev–Trinajstić information content (AvgIpc) is 3.22. The molecule has 8 heteroatoms. The molecule has 0 saturated carbocycles. The smallest absolute Gasteiger partial charge is 0.240 e. The molecule has 0 unspecified atom stereocenters. The first-order valence-corrected chi connectivity index (χ1v) is 9.05. The van der Waals surface area contributed by atoms with Crippen LogP contribution in [0.25, 0.3) is 11.5 Å². The van der Waals surface area contributed by atoms with E-state index in [1.807, 2.05) is 63.2 Å². The molecule has 0 bridgehead atoms. The molecule has 0 spiro atoms. The molecule has 3 rings (SSSR count). The highest BCUT2D eigenvalue weighted by molar-refractivity contribution is 5.79. The van der Waals surface area contributed by atoms with Crippen LogP contribution in [0.1, 0.15) is 37.0 Å². The minimum Gasteiger partial charge on any atom is -0.441 e. The van der Waals surface area contributed by atoms with Gasteiger partial charge in [-0.3, -0.25) is 4.79 Å². The second kappa shape index (κ2) is 7.93. The molecule has 28 heavy (non-hydrogen) atoms. The molecule has 1 amide bonds. The predicted octanol–water partition coefficient (Wildman–Crippen LogP) is 2.69. The largest absolute Gasteiger partial charge is 0.441 e. The van der Waals surface area contributed by atoms with Gasteiger partial charge in [0.05, 0.1) is 24.2 Å². The Morgan fingerprint density at radius 1 is 1.18 bits per heavy atom. The normalized spacial score (nSPS) is 11.8. The molecule has 2 heterocycles. The molecule has 1 N–H and O–H groups in total. The van der Waals surface area contributed by atoms with Crippen molar-refractivity contribution in [3.63, 3.8) is 0 Å². The van der Waals surface area contributed by atoms with Gasteiger partial charge >= 0.3 is 0 Å². The third-order valence-electron chi connectivity index (χ3n) is 4.17. The van der Waals surface area contributed by atoms with E-state index in [9.17, 15) is 4.79 Å². The van der Waals surface area contributed by atoms with E-state index in [0.29, 0.717) is 35.6 Å². The molecule has 2 aromatic heterocycles. The lowest BCUT2D eigenvalue weighted by Crippen LogP contribution is -2.42. The molecule has 0 aliphatic carbocycles. The number of oxazole rings is 1. The maximum Gasteiger partial charge on any atom is 0.240 e. The van der Waals surface area contributed by atoms with Crippen LogP contribution in [0.5, 0.6) is 0 Å². The van der Waals surface area contributed by atoms with Gasteiger partial charge < -0.3 is 19.2 Å². The fourth-order valence-electron chi connectivity index (χ4n) is 2.74. The van der Waals surface area contributed by atoms with E-state index in [-0.39, 0.29) is 12.3 Å². The number of aromatic nitrogens is 3. The Labute approximate surface area is 164 Å². The Kier molecular flexibility index (Phi) is 5.60. The number of aryl methyl sites for hydroxylation is 1. The second-order valence-electron chi connectivity index (χ2n) is 7.49. The summed E-state index contributed by atoms with van der Waals surface area (Å²) in [5.41, 5.74) is 0.705. The standard InChI is InChI=1S/C20H25N5O3/c1-13-15(21-18(27-13)14-9-7-6-8-10-14)11-16(26)23-20(2,3)19-22-17(28-24-19)12-25(4)5/h6-10H,11-12H2,1-5H3,(H,23,26). The fraction of sp³-hybridized carbons (Fsp3) is 0.400. The maximum atomic E-state index is 12.6. The van der Waals surface area contributed by atoms with E-state index in [1.165, 1.54) is 0 Å². The minimum absolute atomic E-state index is 0.105. The molecule has 1 aromatic carbocycles. The molecular formula is C20H25N5O3. The predicted molar refractivity (Wildman–Crippen MR) is 103 cm³/mol. The number of nitrogens with one attached hydrogen (secondary N) is 1. The minimum atomic E-state index is -0.773. The summed E-state index contributed by atoms with van der Waals surface area (Å²) in [6, 6.07) is 9.59. The van der Waals surface area contributed by atoms with Gasteiger partial charge in [-0.1, -0.05) is 23.4 Å². The Morgan fingerprint density at radius 2 is 1.89 bits per heavy atom. The first kappa shape index (κ1) is 19.8. The highest BCUT2D eigenvalue weighted by Crippen LogP contribution is 2.22. The molecule has 148 valence electrons. The number of hydrogen-bond donors (Lipinski definition) is 1. The van der Waals surface area contributed by atoms with Crippen LogP contribution in [-0.4, -0.2) is 40.0 Å². The van der Waals surface area contributed by atoms with E-state index in [1.54, 1.807) is 6.92 Å². The molecule has 8 nitrogen and oxygen atoms in total. The van der Waals surface area contributed by atoms with Crippen LogP contribution in [-0.2, 0) is 23.3 Å². The molecule has 0 fully saturated rings. The van der Waals surface area contributed by atoms with Crippen molar-refractivity contribution in [2.24, 2.45) is 0 Å². The first-order valence-electron chi connectivity index (χ1n) is 9.05. The quantitative estimate of drug-likeness (QED) is 0.670. The summed E-state index contributed by atoms with van der Waals surface area (Å²) < 4.78 is 11.0. The number of amides is 1. The zero-order chi connectivity index (χ0) is 20.3. The van der Waals surface area contributed by atoms with Gasteiger partial charge in [0.25, 0.3) is 0 Å². The first-order chi connectivity index (χ1) is 13.2. The van der Waals surface area contributed by atoms with Crippen molar-refractivity contribution in [2.75, 3.05) is 14.1 Å². The van der Waals surface area contributed by atoms with E-state index in [4.69, 9.17) is 8.94 Å². The van der Waals surface area contributed by atoms with Gasteiger partial charge in [0.1, 0.15) is 5.76 Å². The molecule has 3 aromatic rings. The molecule has 0 radical (unpaired) electrons. The lowest BCUT2D eigenvalue weighted by molar-refractivity contribution is -0.122. The fourth-order valence-corrected chi connectivity index (χ4v) is 2.74.